The lowest BCUT2D eigenvalue weighted by Gasteiger charge is -2.31. The van der Waals surface area contributed by atoms with E-state index in [2.05, 4.69) is 16.8 Å². The Morgan fingerprint density at radius 2 is 2.29 bits per heavy atom. The highest BCUT2D eigenvalue weighted by atomic mass is 127. The Kier molecular flexibility index (Phi) is 7.07. The van der Waals surface area contributed by atoms with E-state index in [1.54, 1.807) is 25.3 Å². The van der Waals surface area contributed by atoms with E-state index in [9.17, 15) is 5.11 Å². The molecule has 0 aliphatic carbocycles. The number of methoxy groups -OCH3 is 1. The van der Waals surface area contributed by atoms with Crippen LogP contribution in [0.5, 0.6) is 11.5 Å². The van der Waals surface area contributed by atoms with Gasteiger partial charge in [0.15, 0.2) is 5.96 Å². The van der Waals surface area contributed by atoms with Crippen molar-refractivity contribution in [2.75, 3.05) is 20.2 Å². The summed E-state index contributed by atoms with van der Waals surface area (Å²) < 4.78 is 5.15. The van der Waals surface area contributed by atoms with Crippen molar-refractivity contribution < 1.29 is 9.84 Å². The molecule has 1 aromatic rings. The number of rotatable bonds is 3. The van der Waals surface area contributed by atoms with Crippen molar-refractivity contribution in [1.29, 1.82) is 0 Å². The van der Waals surface area contributed by atoms with Gasteiger partial charge in [0.05, 0.1) is 13.7 Å². The molecule has 0 bridgehead atoms. The first-order valence-electron chi connectivity index (χ1n) is 7.01. The van der Waals surface area contributed by atoms with E-state index in [1.807, 2.05) is 0 Å². The number of piperidine rings is 1. The third-order valence-corrected chi connectivity index (χ3v) is 3.68. The highest BCUT2D eigenvalue weighted by Crippen LogP contribution is 2.23. The number of aromatic hydroxyl groups is 1. The molecule has 118 valence electrons. The minimum absolute atomic E-state index is 0. The molecule has 0 amide bonds. The predicted molar refractivity (Wildman–Crippen MR) is 95.4 cm³/mol. The van der Waals surface area contributed by atoms with Gasteiger partial charge in [-0.3, -0.25) is 0 Å². The van der Waals surface area contributed by atoms with Crippen LogP contribution < -0.4 is 10.5 Å². The van der Waals surface area contributed by atoms with Gasteiger partial charge in [0.2, 0.25) is 0 Å². The number of halogens is 1. The Bertz CT molecular complexity index is 494. The number of likely N-dealkylation sites (tertiary alicyclic amines) is 1. The monoisotopic (exact) mass is 405 g/mol. The zero-order valence-electron chi connectivity index (χ0n) is 12.6. The molecule has 21 heavy (non-hydrogen) atoms. The molecule has 1 heterocycles. The fraction of sp³-hybridized carbons (Fsp3) is 0.533. The minimum atomic E-state index is 0. The summed E-state index contributed by atoms with van der Waals surface area (Å²) in [6.45, 7) is 4.51. The van der Waals surface area contributed by atoms with Crippen molar-refractivity contribution in [2.24, 2.45) is 16.6 Å². The van der Waals surface area contributed by atoms with Gasteiger partial charge < -0.3 is 20.5 Å². The number of hydrogen-bond acceptors (Lipinski definition) is 3. The van der Waals surface area contributed by atoms with Crippen LogP contribution in [0.4, 0.5) is 0 Å². The van der Waals surface area contributed by atoms with Gasteiger partial charge in [-0.1, -0.05) is 6.92 Å². The molecule has 1 aromatic carbocycles. The highest BCUT2D eigenvalue weighted by molar-refractivity contribution is 14.0. The molecular formula is C15H24IN3O2. The highest BCUT2D eigenvalue weighted by Gasteiger charge is 2.17. The van der Waals surface area contributed by atoms with Crippen LogP contribution in [-0.2, 0) is 6.54 Å². The lowest BCUT2D eigenvalue weighted by molar-refractivity contribution is 0.270. The zero-order chi connectivity index (χ0) is 14.5. The number of hydrogen-bond donors (Lipinski definition) is 2. The normalized spacial score (nSPS) is 19.0. The van der Waals surface area contributed by atoms with Crippen LogP contribution in [0.2, 0.25) is 0 Å². The average Bonchev–Trinajstić information content (AvgIpc) is 2.46. The molecule has 0 spiro atoms. The van der Waals surface area contributed by atoms with Crippen LogP contribution in [0.3, 0.4) is 0 Å². The first-order valence-corrected chi connectivity index (χ1v) is 7.01. The summed E-state index contributed by atoms with van der Waals surface area (Å²) in [6.07, 6.45) is 2.41. The first kappa shape index (κ1) is 17.9. The molecule has 1 atom stereocenters. The maximum absolute atomic E-state index is 9.82. The van der Waals surface area contributed by atoms with Crippen LogP contribution >= 0.6 is 24.0 Å². The Morgan fingerprint density at radius 1 is 1.52 bits per heavy atom. The van der Waals surface area contributed by atoms with E-state index in [0.717, 1.165) is 25.1 Å². The fourth-order valence-corrected chi connectivity index (χ4v) is 2.48. The second-order valence-corrected chi connectivity index (χ2v) is 5.36. The number of nitrogens with two attached hydrogens (primary N) is 1. The number of nitrogens with zero attached hydrogens (tertiary/aromatic N) is 2. The smallest absolute Gasteiger partial charge is 0.191 e. The number of guanidine groups is 1. The van der Waals surface area contributed by atoms with Gasteiger partial charge in [0.25, 0.3) is 0 Å². The van der Waals surface area contributed by atoms with E-state index in [-0.39, 0.29) is 29.7 Å². The topological polar surface area (TPSA) is 71.1 Å². The van der Waals surface area contributed by atoms with E-state index in [4.69, 9.17) is 10.5 Å². The summed E-state index contributed by atoms with van der Waals surface area (Å²) in [5.74, 6) is 2.13. The van der Waals surface area contributed by atoms with E-state index in [0.29, 0.717) is 24.2 Å². The summed E-state index contributed by atoms with van der Waals surface area (Å²) in [4.78, 5) is 6.51. The minimum Gasteiger partial charge on any atom is -0.508 e. The summed E-state index contributed by atoms with van der Waals surface area (Å²) in [5.41, 5.74) is 6.76. The van der Waals surface area contributed by atoms with Gasteiger partial charge >= 0.3 is 0 Å². The summed E-state index contributed by atoms with van der Waals surface area (Å²) in [6, 6.07) is 5.12. The molecule has 1 aliphatic rings. The van der Waals surface area contributed by atoms with Crippen LogP contribution in [0.15, 0.2) is 23.2 Å². The van der Waals surface area contributed by atoms with Crippen LogP contribution in [0.25, 0.3) is 0 Å². The molecule has 0 aromatic heterocycles. The van der Waals surface area contributed by atoms with Gasteiger partial charge in [-0.15, -0.1) is 24.0 Å². The average molecular weight is 405 g/mol. The molecule has 1 saturated heterocycles. The molecule has 2 rings (SSSR count). The largest absolute Gasteiger partial charge is 0.508 e. The standard InChI is InChI=1S/C15H23N3O2.HI/c1-11-4-3-7-18(10-11)15(16)17-9-12-8-13(20-2)5-6-14(12)19;/h5-6,8,11,19H,3-4,7,9-10H2,1-2H3,(H2,16,17);1H. The Hall–Kier alpha value is -1.18. The van der Waals surface area contributed by atoms with Gasteiger partial charge in [-0.2, -0.15) is 0 Å². The van der Waals surface area contributed by atoms with Gasteiger partial charge in [-0.05, 0) is 37.0 Å². The number of phenolic OH excluding ortho intramolecular Hbond substituents is 1. The number of benzene rings is 1. The van der Waals surface area contributed by atoms with E-state index >= 15 is 0 Å². The number of ether oxygens (including phenoxy) is 1. The molecule has 3 N–H and O–H groups in total. The van der Waals surface area contributed by atoms with Crippen molar-refractivity contribution in [2.45, 2.75) is 26.3 Å². The van der Waals surface area contributed by atoms with Crippen molar-refractivity contribution in [1.82, 2.24) is 4.90 Å². The number of aliphatic imine (C=N–C) groups is 1. The molecule has 0 radical (unpaired) electrons. The molecular weight excluding hydrogens is 381 g/mol. The SMILES string of the molecule is COc1ccc(O)c(CN=C(N)N2CCCC(C)C2)c1.I. The van der Waals surface area contributed by atoms with Crippen molar-refractivity contribution in [3.8, 4) is 11.5 Å². The Labute approximate surface area is 143 Å². The van der Waals surface area contributed by atoms with Gasteiger partial charge in [0, 0.05) is 18.7 Å². The summed E-state index contributed by atoms with van der Waals surface area (Å²) >= 11 is 0. The molecule has 6 heteroatoms. The van der Waals surface area contributed by atoms with E-state index < -0.39 is 0 Å². The molecule has 1 unspecified atom stereocenters. The van der Waals surface area contributed by atoms with Crippen molar-refractivity contribution in [3.63, 3.8) is 0 Å². The second kappa shape index (κ2) is 8.31. The lowest BCUT2D eigenvalue weighted by atomic mass is 10.0. The Morgan fingerprint density at radius 3 is 2.95 bits per heavy atom. The second-order valence-electron chi connectivity index (χ2n) is 5.36. The van der Waals surface area contributed by atoms with Crippen LogP contribution in [0, 0.1) is 5.92 Å². The first-order chi connectivity index (χ1) is 9.60. The van der Waals surface area contributed by atoms with Gasteiger partial charge in [0.1, 0.15) is 11.5 Å². The quantitative estimate of drug-likeness (QED) is 0.461. The third-order valence-electron chi connectivity index (χ3n) is 3.68. The Balaban J connectivity index is 0.00000220. The summed E-state index contributed by atoms with van der Waals surface area (Å²) in [7, 11) is 1.60. The molecule has 1 aliphatic heterocycles. The van der Waals surface area contributed by atoms with Crippen LogP contribution in [0.1, 0.15) is 25.3 Å². The number of phenols is 1. The summed E-state index contributed by atoms with van der Waals surface area (Å²) in [5, 5.41) is 9.82. The van der Waals surface area contributed by atoms with Crippen LogP contribution in [-0.4, -0.2) is 36.2 Å². The molecule has 1 fully saturated rings. The van der Waals surface area contributed by atoms with Gasteiger partial charge in [-0.25, -0.2) is 4.99 Å². The molecule has 0 saturated carbocycles. The zero-order valence-corrected chi connectivity index (χ0v) is 14.9. The predicted octanol–water partition coefficient (Wildman–Crippen LogP) is 2.57. The third kappa shape index (κ3) is 4.94. The van der Waals surface area contributed by atoms with Crippen molar-refractivity contribution in [3.05, 3.63) is 23.8 Å². The molecule has 5 nitrogen and oxygen atoms in total. The van der Waals surface area contributed by atoms with Crippen molar-refractivity contribution >= 4 is 29.9 Å². The maximum Gasteiger partial charge on any atom is 0.191 e. The van der Waals surface area contributed by atoms with E-state index in [1.165, 1.54) is 6.42 Å². The lowest BCUT2D eigenvalue weighted by Crippen LogP contribution is -2.43. The maximum atomic E-state index is 9.82. The fourth-order valence-electron chi connectivity index (χ4n) is 2.48.